The first-order valence-corrected chi connectivity index (χ1v) is 5.82. The van der Waals surface area contributed by atoms with Crippen molar-refractivity contribution < 1.29 is 0 Å². The minimum atomic E-state index is 0.925. The summed E-state index contributed by atoms with van der Waals surface area (Å²) in [5, 5.41) is 3.16. The fourth-order valence-electron chi connectivity index (χ4n) is 1.85. The largest absolute Gasteiger partial charge is 0.388 e. The molecule has 0 aromatic heterocycles. The molecule has 0 aliphatic carbocycles. The Morgan fingerprint density at radius 2 is 1.76 bits per heavy atom. The maximum atomic E-state index is 3.16. The van der Waals surface area contributed by atoms with Crippen molar-refractivity contribution in [2.75, 3.05) is 24.3 Å². The summed E-state index contributed by atoms with van der Waals surface area (Å²) in [6.45, 7) is 0.925. The van der Waals surface area contributed by atoms with Gasteiger partial charge >= 0.3 is 0 Å². The molecule has 0 amide bonds. The summed E-state index contributed by atoms with van der Waals surface area (Å²) in [5.41, 5.74) is 3.69. The van der Waals surface area contributed by atoms with Gasteiger partial charge in [0.15, 0.2) is 0 Å². The first-order chi connectivity index (χ1) is 8.29. The number of anilines is 2. The lowest BCUT2D eigenvalue weighted by Gasteiger charge is -2.20. The van der Waals surface area contributed by atoms with E-state index in [1.807, 2.05) is 13.1 Å². The minimum absolute atomic E-state index is 0.925. The first-order valence-electron chi connectivity index (χ1n) is 5.82. The second-order valence-corrected chi connectivity index (χ2v) is 4.14. The summed E-state index contributed by atoms with van der Waals surface area (Å²) in [5.74, 6) is 0. The van der Waals surface area contributed by atoms with Gasteiger partial charge in [-0.1, -0.05) is 36.4 Å². The Balaban J connectivity index is 2.11. The highest BCUT2D eigenvalue weighted by Gasteiger charge is 2.02. The Hall–Kier alpha value is -1.96. The predicted molar refractivity (Wildman–Crippen MR) is 74.5 cm³/mol. The molecule has 2 aromatic rings. The highest BCUT2D eigenvalue weighted by Crippen LogP contribution is 2.19. The molecule has 2 nitrogen and oxygen atoms in total. The molecule has 2 aromatic carbocycles. The van der Waals surface area contributed by atoms with Crippen molar-refractivity contribution in [2.24, 2.45) is 0 Å². The maximum Gasteiger partial charge on any atom is 0.0426 e. The molecule has 17 heavy (non-hydrogen) atoms. The van der Waals surface area contributed by atoms with Crippen LogP contribution in [0.2, 0.25) is 0 Å². The van der Waals surface area contributed by atoms with Crippen LogP contribution in [0, 0.1) is 0 Å². The van der Waals surface area contributed by atoms with Crippen LogP contribution in [0.1, 0.15) is 5.56 Å². The van der Waals surface area contributed by atoms with Crippen molar-refractivity contribution in [1.82, 2.24) is 0 Å². The molecule has 0 radical (unpaired) electrons. The Labute approximate surface area is 103 Å². The van der Waals surface area contributed by atoms with Gasteiger partial charge in [-0.05, 0) is 23.8 Å². The van der Waals surface area contributed by atoms with Crippen molar-refractivity contribution in [3.63, 3.8) is 0 Å². The topological polar surface area (TPSA) is 15.3 Å². The molecule has 0 aliphatic rings. The van der Waals surface area contributed by atoms with Crippen LogP contribution in [0.15, 0.2) is 54.6 Å². The summed E-state index contributed by atoms with van der Waals surface area (Å²) in [7, 11) is 4.05. The van der Waals surface area contributed by atoms with Gasteiger partial charge in [0.2, 0.25) is 0 Å². The van der Waals surface area contributed by atoms with Gasteiger partial charge < -0.3 is 10.2 Å². The standard InChI is InChI=1S/C15H18N2/c1-16-14-9-6-10-15(11-14)17(2)12-13-7-4-3-5-8-13/h3-11,16H,12H2,1-2H3. The number of rotatable bonds is 4. The summed E-state index contributed by atoms with van der Waals surface area (Å²) < 4.78 is 0. The third-order valence-electron chi connectivity index (χ3n) is 2.84. The van der Waals surface area contributed by atoms with Crippen LogP contribution in [0.4, 0.5) is 11.4 Å². The molecule has 0 unspecified atom stereocenters. The molecular formula is C15H18N2. The molecule has 1 N–H and O–H groups in total. The Morgan fingerprint density at radius 3 is 2.47 bits per heavy atom. The van der Waals surface area contributed by atoms with Crippen LogP contribution in [0.5, 0.6) is 0 Å². The van der Waals surface area contributed by atoms with Gasteiger partial charge in [0, 0.05) is 32.0 Å². The van der Waals surface area contributed by atoms with Crippen molar-refractivity contribution in [3.8, 4) is 0 Å². The van der Waals surface area contributed by atoms with E-state index in [9.17, 15) is 0 Å². The monoisotopic (exact) mass is 226 g/mol. The van der Waals surface area contributed by atoms with Gasteiger partial charge in [0.1, 0.15) is 0 Å². The molecule has 0 saturated heterocycles. The Kier molecular flexibility index (Phi) is 3.66. The summed E-state index contributed by atoms with van der Waals surface area (Å²) in [6.07, 6.45) is 0. The van der Waals surface area contributed by atoms with Crippen LogP contribution < -0.4 is 10.2 Å². The lowest BCUT2D eigenvalue weighted by molar-refractivity contribution is 0.923. The Bertz CT molecular complexity index is 465. The van der Waals surface area contributed by atoms with Gasteiger partial charge in [-0.3, -0.25) is 0 Å². The number of hydrogen-bond donors (Lipinski definition) is 1. The van der Waals surface area contributed by atoms with E-state index in [1.54, 1.807) is 0 Å². The number of hydrogen-bond acceptors (Lipinski definition) is 2. The summed E-state index contributed by atoms with van der Waals surface area (Å²) >= 11 is 0. The third-order valence-corrected chi connectivity index (χ3v) is 2.84. The molecule has 2 heteroatoms. The van der Waals surface area contributed by atoms with E-state index < -0.39 is 0 Å². The second kappa shape index (κ2) is 5.39. The number of nitrogens with zero attached hydrogens (tertiary/aromatic N) is 1. The van der Waals surface area contributed by atoms with E-state index in [-0.39, 0.29) is 0 Å². The van der Waals surface area contributed by atoms with Crippen molar-refractivity contribution in [3.05, 3.63) is 60.2 Å². The fourth-order valence-corrected chi connectivity index (χ4v) is 1.85. The second-order valence-electron chi connectivity index (χ2n) is 4.14. The van der Waals surface area contributed by atoms with Gasteiger partial charge in [0.05, 0.1) is 0 Å². The summed E-state index contributed by atoms with van der Waals surface area (Å²) in [4.78, 5) is 2.25. The van der Waals surface area contributed by atoms with Crippen LogP contribution in [-0.4, -0.2) is 14.1 Å². The molecule has 0 fully saturated rings. The molecule has 88 valence electrons. The first kappa shape index (κ1) is 11.5. The SMILES string of the molecule is CNc1cccc(N(C)Cc2ccccc2)c1. The van der Waals surface area contributed by atoms with E-state index >= 15 is 0 Å². The highest BCUT2D eigenvalue weighted by atomic mass is 15.1. The van der Waals surface area contributed by atoms with Gasteiger partial charge in [-0.2, -0.15) is 0 Å². The zero-order valence-corrected chi connectivity index (χ0v) is 10.4. The van der Waals surface area contributed by atoms with Crippen LogP contribution in [-0.2, 0) is 6.54 Å². The molecular weight excluding hydrogens is 208 g/mol. The number of nitrogens with one attached hydrogen (secondary N) is 1. The minimum Gasteiger partial charge on any atom is -0.388 e. The van der Waals surface area contributed by atoms with E-state index in [2.05, 4.69) is 65.8 Å². The maximum absolute atomic E-state index is 3.16. The lowest BCUT2D eigenvalue weighted by atomic mass is 10.2. The lowest BCUT2D eigenvalue weighted by Crippen LogP contribution is -2.16. The average molecular weight is 226 g/mol. The van der Waals surface area contributed by atoms with E-state index in [1.165, 1.54) is 11.3 Å². The predicted octanol–water partition coefficient (Wildman–Crippen LogP) is 3.36. The van der Waals surface area contributed by atoms with Gasteiger partial charge in [0.25, 0.3) is 0 Å². The Morgan fingerprint density at radius 1 is 1.00 bits per heavy atom. The molecule has 2 rings (SSSR count). The quantitative estimate of drug-likeness (QED) is 0.860. The van der Waals surface area contributed by atoms with Crippen molar-refractivity contribution in [1.29, 1.82) is 0 Å². The van der Waals surface area contributed by atoms with Crippen molar-refractivity contribution >= 4 is 11.4 Å². The zero-order chi connectivity index (χ0) is 12.1. The molecule has 0 saturated carbocycles. The smallest absolute Gasteiger partial charge is 0.0426 e. The zero-order valence-electron chi connectivity index (χ0n) is 10.4. The third kappa shape index (κ3) is 3.00. The average Bonchev–Trinajstić information content (AvgIpc) is 2.40. The molecule has 0 spiro atoms. The molecule has 0 aliphatic heterocycles. The normalized spacial score (nSPS) is 10.0. The van der Waals surface area contributed by atoms with Gasteiger partial charge in [-0.15, -0.1) is 0 Å². The van der Waals surface area contributed by atoms with Crippen LogP contribution in [0.25, 0.3) is 0 Å². The van der Waals surface area contributed by atoms with Crippen molar-refractivity contribution in [2.45, 2.75) is 6.54 Å². The molecule has 0 atom stereocenters. The van der Waals surface area contributed by atoms with E-state index in [4.69, 9.17) is 0 Å². The molecule has 0 heterocycles. The van der Waals surface area contributed by atoms with Crippen LogP contribution >= 0.6 is 0 Å². The number of benzene rings is 2. The van der Waals surface area contributed by atoms with Crippen LogP contribution in [0.3, 0.4) is 0 Å². The van der Waals surface area contributed by atoms with Gasteiger partial charge in [-0.25, -0.2) is 0 Å². The fraction of sp³-hybridized carbons (Fsp3) is 0.200. The molecule has 0 bridgehead atoms. The highest BCUT2D eigenvalue weighted by molar-refractivity contribution is 5.57. The van der Waals surface area contributed by atoms with E-state index in [0.29, 0.717) is 0 Å². The van der Waals surface area contributed by atoms with E-state index in [0.717, 1.165) is 12.2 Å². The summed E-state index contributed by atoms with van der Waals surface area (Å²) in [6, 6.07) is 18.9.